The van der Waals surface area contributed by atoms with E-state index in [0.717, 1.165) is 12.1 Å². The minimum Gasteiger partial charge on any atom is -0.361 e. The summed E-state index contributed by atoms with van der Waals surface area (Å²) in [7, 11) is 0. The van der Waals surface area contributed by atoms with Crippen molar-refractivity contribution in [2.24, 2.45) is 0 Å². The fourth-order valence-electron chi connectivity index (χ4n) is 1.48. The van der Waals surface area contributed by atoms with Crippen LogP contribution in [0.3, 0.4) is 0 Å². The van der Waals surface area contributed by atoms with Gasteiger partial charge in [0, 0.05) is 18.9 Å². The van der Waals surface area contributed by atoms with Crippen LogP contribution in [0, 0.1) is 0 Å². The van der Waals surface area contributed by atoms with Gasteiger partial charge in [0.25, 0.3) is 5.56 Å². The number of H-pyrrole nitrogens is 1. The molecule has 19 heavy (non-hydrogen) atoms. The third-order valence-electron chi connectivity index (χ3n) is 2.45. The van der Waals surface area contributed by atoms with Crippen LogP contribution in [0.5, 0.6) is 0 Å². The Labute approximate surface area is 106 Å². The van der Waals surface area contributed by atoms with Gasteiger partial charge in [-0.15, -0.1) is 0 Å². The molecule has 0 spiro atoms. The molecule has 0 bridgehead atoms. The van der Waals surface area contributed by atoms with E-state index in [1.165, 1.54) is 24.5 Å². The number of aromatic nitrogens is 2. The summed E-state index contributed by atoms with van der Waals surface area (Å²) in [6, 6.07) is 4.71. The first-order chi connectivity index (χ1) is 8.97. The quantitative estimate of drug-likeness (QED) is 0.899. The molecule has 0 atom stereocenters. The van der Waals surface area contributed by atoms with Gasteiger partial charge in [0.1, 0.15) is 0 Å². The Morgan fingerprint density at radius 2 is 1.89 bits per heavy atom. The Hall–Kier alpha value is -2.31. The summed E-state index contributed by atoms with van der Waals surface area (Å²) >= 11 is 0. The number of alkyl halides is 3. The average molecular weight is 269 g/mol. The Balaban J connectivity index is 2.05. The predicted octanol–water partition coefficient (Wildman–Crippen LogP) is 2.40. The lowest BCUT2D eigenvalue weighted by Gasteiger charge is -2.08. The maximum Gasteiger partial charge on any atom is 0.416 e. The molecule has 7 heteroatoms. The van der Waals surface area contributed by atoms with Crippen molar-refractivity contribution in [3.63, 3.8) is 0 Å². The van der Waals surface area contributed by atoms with Crippen molar-refractivity contribution in [3.05, 3.63) is 58.1 Å². The van der Waals surface area contributed by atoms with Crippen LogP contribution in [0.15, 0.2) is 41.5 Å². The maximum atomic E-state index is 12.4. The van der Waals surface area contributed by atoms with Gasteiger partial charge in [-0.3, -0.25) is 4.79 Å². The molecule has 0 saturated carbocycles. The number of hydrogen-bond donors (Lipinski definition) is 2. The van der Waals surface area contributed by atoms with Crippen LogP contribution in [0.25, 0.3) is 0 Å². The summed E-state index contributed by atoms with van der Waals surface area (Å²) in [4.78, 5) is 17.5. The Morgan fingerprint density at radius 3 is 2.47 bits per heavy atom. The molecule has 1 aromatic heterocycles. The first kappa shape index (κ1) is 13.1. The lowest BCUT2D eigenvalue weighted by Crippen LogP contribution is -2.15. The molecule has 0 aliphatic carbocycles. The van der Waals surface area contributed by atoms with Gasteiger partial charge in [0.2, 0.25) is 0 Å². The molecule has 0 saturated heterocycles. The van der Waals surface area contributed by atoms with Crippen LogP contribution >= 0.6 is 0 Å². The summed E-state index contributed by atoms with van der Waals surface area (Å²) < 4.78 is 37.1. The molecule has 4 nitrogen and oxygen atoms in total. The normalized spacial score (nSPS) is 11.3. The van der Waals surface area contributed by atoms with E-state index in [1.807, 2.05) is 0 Å². The number of nitrogens with zero attached hydrogens (tertiary/aromatic N) is 1. The van der Waals surface area contributed by atoms with Crippen LogP contribution in [0.2, 0.25) is 0 Å². The Morgan fingerprint density at radius 1 is 1.21 bits per heavy atom. The molecule has 2 rings (SSSR count). The second-order valence-corrected chi connectivity index (χ2v) is 3.82. The van der Waals surface area contributed by atoms with Gasteiger partial charge in [-0.1, -0.05) is 12.1 Å². The molecule has 2 aromatic rings. The molecular formula is C12H10F3N3O. The molecule has 1 heterocycles. The number of nitrogens with one attached hydrogen (secondary N) is 2. The molecule has 0 fully saturated rings. The molecule has 1 aromatic carbocycles. The van der Waals surface area contributed by atoms with Crippen molar-refractivity contribution in [2.45, 2.75) is 12.7 Å². The van der Waals surface area contributed by atoms with E-state index in [9.17, 15) is 18.0 Å². The average Bonchev–Trinajstić information content (AvgIpc) is 2.37. The molecule has 2 N–H and O–H groups in total. The van der Waals surface area contributed by atoms with E-state index in [2.05, 4.69) is 15.3 Å². The van der Waals surface area contributed by atoms with Gasteiger partial charge in [-0.05, 0) is 17.7 Å². The fourth-order valence-corrected chi connectivity index (χ4v) is 1.48. The van der Waals surface area contributed by atoms with Gasteiger partial charge in [0.15, 0.2) is 5.82 Å². The van der Waals surface area contributed by atoms with Gasteiger partial charge < -0.3 is 10.3 Å². The molecule has 0 aliphatic rings. The molecule has 0 amide bonds. The number of benzene rings is 1. The van der Waals surface area contributed by atoms with E-state index in [-0.39, 0.29) is 17.9 Å². The molecule has 100 valence electrons. The van der Waals surface area contributed by atoms with Gasteiger partial charge >= 0.3 is 6.18 Å². The summed E-state index contributed by atoms with van der Waals surface area (Å²) in [5, 5.41) is 2.75. The smallest absolute Gasteiger partial charge is 0.361 e. The lowest BCUT2D eigenvalue weighted by molar-refractivity contribution is -0.137. The van der Waals surface area contributed by atoms with Crippen molar-refractivity contribution in [1.29, 1.82) is 0 Å². The molecule has 0 unspecified atom stereocenters. The number of aromatic amines is 1. The molecule has 0 aliphatic heterocycles. The summed E-state index contributed by atoms with van der Waals surface area (Å²) in [6.07, 6.45) is -1.54. The minimum atomic E-state index is -4.34. The monoisotopic (exact) mass is 269 g/mol. The van der Waals surface area contributed by atoms with Crippen LogP contribution in [0.4, 0.5) is 19.0 Å². The second kappa shape index (κ2) is 5.13. The molecule has 0 radical (unpaired) electrons. The highest BCUT2D eigenvalue weighted by molar-refractivity contribution is 5.33. The van der Waals surface area contributed by atoms with E-state index in [4.69, 9.17) is 0 Å². The van der Waals surface area contributed by atoms with E-state index in [0.29, 0.717) is 5.56 Å². The first-order valence-corrected chi connectivity index (χ1v) is 5.40. The van der Waals surface area contributed by atoms with E-state index >= 15 is 0 Å². The number of rotatable bonds is 3. The zero-order valence-corrected chi connectivity index (χ0v) is 9.66. The van der Waals surface area contributed by atoms with Crippen LogP contribution in [0.1, 0.15) is 11.1 Å². The summed E-state index contributed by atoms with van der Waals surface area (Å²) in [6.45, 7) is 0.220. The SMILES string of the molecule is O=c1[nH]ccnc1NCc1ccc(C(F)(F)F)cc1. The van der Waals surface area contributed by atoms with Gasteiger partial charge in [-0.2, -0.15) is 13.2 Å². The second-order valence-electron chi connectivity index (χ2n) is 3.82. The highest BCUT2D eigenvalue weighted by Gasteiger charge is 2.29. The zero-order valence-electron chi connectivity index (χ0n) is 9.66. The van der Waals surface area contributed by atoms with Crippen molar-refractivity contribution in [3.8, 4) is 0 Å². The fraction of sp³-hybridized carbons (Fsp3) is 0.167. The third-order valence-corrected chi connectivity index (χ3v) is 2.45. The van der Waals surface area contributed by atoms with E-state index in [1.54, 1.807) is 0 Å². The van der Waals surface area contributed by atoms with Crippen LogP contribution < -0.4 is 10.9 Å². The number of halogens is 3. The predicted molar refractivity (Wildman–Crippen MR) is 63.6 cm³/mol. The van der Waals surface area contributed by atoms with E-state index < -0.39 is 11.7 Å². The lowest BCUT2D eigenvalue weighted by atomic mass is 10.1. The standard InChI is InChI=1S/C12H10F3N3O/c13-12(14,15)9-3-1-8(2-4-9)7-18-10-11(19)17-6-5-16-10/h1-6H,7H2,(H,16,18)(H,17,19). The van der Waals surface area contributed by atoms with Gasteiger partial charge in [-0.25, -0.2) is 4.98 Å². The Kier molecular flexibility index (Phi) is 3.55. The summed E-state index contributed by atoms with van der Waals surface area (Å²) in [5.74, 6) is 0.127. The number of hydrogen-bond acceptors (Lipinski definition) is 3. The van der Waals surface area contributed by atoms with Gasteiger partial charge in [0.05, 0.1) is 5.56 Å². The van der Waals surface area contributed by atoms with Crippen LogP contribution in [-0.4, -0.2) is 9.97 Å². The summed E-state index contributed by atoms with van der Waals surface area (Å²) in [5.41, 5.74) is -0.459. The topological polar surface area (TPSA) is 57.8 Å². The minimum absolute atomic E-state index is 0.127. The van der Waals surface area contributed by atoms with Crippen molar-refractivity contribution < 1.29 is 13.2 Å². The highest BCUT2D eigenvalue weighted by atomic mass is 19.4. The third kappa shape index (κ3) is 3.34. The van der Waals surface area contributed by atoms with Crippen LogP contribution in [-0.2, 0) is 12.7 Å². The Bertz CT molecular complexity index is 605. The van der Waals surface area contributed by atoms with Crippen molar-refractivity contribution in [1.82, 2.24) is 9.97 Å². The maximum absolute atomic E-state index is 12.4. The van der Waals surface area contributed by atoms with Crippen molar-refractivity contribution in [2.75, 3.05) is 5.32 Å². The largest absolute Gasteiger partial charge is 0.416 e. The number of anilines is 1. The highest BCUT2D eigenvalue weighted by Crippen LogP contribution is 2.29. The first-order valence-electron chi connectivity index (χ1n) is 5.40. The molecular weight excluding hydrogens is 259 g/mol. The zero-order chi connectivity index (χ0) is 13.9. The van der Waals surface area contributed by atoms with Crippen molar-refractivity contribution >= 4 is 5.82 Å².